The molecule has 0 saturated carbocycles. The van der Waals surface area contributed by atoms with Gasteiger partial charge in [0.1, 0.15) is 0 Å². The summed E-state index contributed by atoms with van der Waals surface area (Å²) in [4.78, 5) is 4.68. The lowest BCUT2D eigenvalue weighted by Gasteiger charge is -2.15. The van der Waals surface area contributed by atoms with Gasteiger partial charge in [0.05, 0.1) is 10.2 Å². The summed E-state index contributed by atoms with van der Waals surface area (Å²) in [5.74, 6) is 0. The molecule has 2 heterocycles. The quantitative estimate of drug-likeness (QED) is 0.757. The van der Waals surface area contributed by atoms with Gasteiger partial charge < -0.3 is 0 Å². The Bertz CT molecular complexity index is 454. The standard InChI is InChI=1S/C13H16N2S2/c1-2-6-10-15(9-5-1)17-13-14-11-7-3-4-8-12(11)16-13/h3-4,7-8H,1-2,5-6,9-10H2. The summed E-state index contributed by atoms with van der Waals surface area (Å²) in [6, 6.07) is 8.39. The fourth-order valence-electron chi connectivity index (χ4n) is 2.13. The third-order valence-electron chi connectivity index (χ3n) is 3.05. The first kappa shape index (κ1) is 11.5. The second-order valence-electron chi connectivity index (χ2n) is 4.38. The average Bonchev–Trinajstić information content (AvgIpc) is 2.57. The van der Waals surface area contributed by atoms with Crippen molar-refractivity contribution in [1.29, 1.82) is 0 Å². The SMILES string of the molecule is c1ccc2sc(SN3CCCCCC3)nc2c1. The van der Waals surface area contributed by atoms with E-state index in [-0.39, 0.29) is 0 Å². The van der Waals surface area contributed by atoms with Crippen molar-refractivity contribution in [2.75, 3.05) is 13.1 Å². The van der Waals surface area contributed by atoms with Crippen LogP contribution >= 0.6 is 23.3 Å². The summed E-state index contributed by atoms with van der Waals surface area (Å²) < 4.78 is 4.96. The molecule has 2 aromatic rings. The maximum absolute atomic E-state index is 4.68. The van der Waals surface area contributed by atoms with E-state index in [0.717, 1.165) is 5.52 Å². The van der Waals surface area contributed by atoms with E-state index in [1.165, 1.54) is 47.8 Å². The van der Waals surface area contributed by atoms with Crippen LogP contribution in [0.3, 0.4) is 0 Å². The number of nitrogens with zero attached hydrogens (tertiary/aromatic N) is 2. The number of thiazole rings is 1. The van der Waals surface area contributed by atoms with Gasteiger partial charge in [-0.3, -0.25) is 0 Å². The highest BCUT2D eigenvalue weighted by Gasteiger charge is 2.12. The predicted molar refractivity (Wildman–Crippen MR) is 75.5 cm³/mol. The zero-order valence-corrected chi connectivity index (χ0v) is 11.4. The van der Waals surface area contributed by atoms with Gasteiger partial charge in [-0.2, -0.15) is 0 Å². The second-order valence-corrected chi connectivity index (χ2v) is 6.76. The van der Waals surface area contributed by atoms with Gasteiger partial charge in [-0.05, 0) is 36.9 Å². The lowest BCUT2D eigenvalue weighted by molar-refractivity contribution is 0.489. The van der Waals surface area contributed by atoms with Crippen molar-refractivity contribution in [2.24, 2.45) is 0 Å². The number of benzene rings is 1. The maximum atomic E-state index is 4.68. The molecule has 1 saturated heterocycles. The van der Waals surface area contributed by atoms with E-state index in [0.29, 0.717) is 0 Å². The molecule has 3 rings (SSSR count). The van der Waals surface area contributed by atoms with E-state index in [1.807, 2.05) is 23.3 Å². The van der Waals surface area contributed by atoms with Gasteiger partial charge in [0, 0.05) is 13.1 Å². The van der Waals surface area contributed by atoms with Crippen LogP contribution < -0.4 is 0 Å². The molecular weight excluding hydrogens is 248 g/mol. The minimum atomic E-state index is 1.13. The number of hydrogen-bond acceptors (Lipinski definition) is 4. The Morgan fingerprint density at radius 2 is 1.82 bits per heavy atom. The van der Waals surface area contributed by atoms with Crippen LogP contribution in [0.1, 0.15) is 25.7 Å². The first-order valence-electron chi connectivity index (χ1n) is 6.20. The van der Waals surface area contributed by atoms with Gasteiger partial charge in [0.2, 0.25) is 0 Å². The van der Waals surface area contributed by atoms with Crippen LogP contribution in [0.15, 0.2) is 28.6 Å². The third kappa shape index (κ3) is 2.81. The van der Waals surface area contributed by atoms with E-state index in [1.54, 1.807) is 0 Å². The molecule has 0 N–H and O–H groups in total. The number of para-hydroxylation sites is 1. The van der Waals surface area contributed by atoms with Crippen LogP contribution in [-0.2, 0) is 0 Å². The fraction of sp³-hybridized carbons (Fsp3) is 0.462. The van der Waals surface area contributed by atoms with Gasteiger partial charge in [-0.25, -0.2) is 9.29 Å². The molecule has 0 radical (unpaired) electrons. The lowest BCUT2D eigenvalue weighted by atomic mass is 10.2. The summed E-state index contributed by atoms with van der Waals surface area (Å²) in [5, 5.41) is 0. The molecule has 2 nitrogen and oxygen atoms in total. The fourth-order valence-corrected chi connectivity index (χ4v) is 4.37. The van der Waals surface area contributed by atoms with E-state index < -0.39 is 0 Å². The van der Waals surface area contributed by atoms with Crippen molar-refractivity contribution in [3.8, 4) is 0 Å². The highest BCUT2D eigenvalue weighted by molar-refractivity contribution is 7.98. The first-order valence-corrected chi connectivity index (χ1v) is 7.79. The summed E-state index contributed by atoms with van der Waals surface area (Å²) in [6.07, 6.45) is 5.43. The average molecular weight is 264 g/mol. The van der Waals surface area contributed by atoms with Crippen LogP contribution in [-0.4, -0.2) is 22.4 Å². The maximum Gasteiger partial charge on any atom is 0.166 e. The van der Waals surface area contributed by atoms with Crippen LogP contribution in [0.5, 0.6) is 0 Å². The van der Waals surface area contributed by atoms with E-state index in [2.05, 4.69) is 33.6 Å². The molecule has 0 amide bonds. The van der Waals surface area contributed by atoms with E-state index in [9.17, 15) is 0 Å². The number of rotatable bonds is 2. The molecule has 90 valence electrons. The Balaban J connectivity index is 1.75. The Morgan fingerprint density at radius 1 is 1.06 bits per heavy atom. The summed E-state index contributed by atoms with van der Waals surface area (Å²) in [6.45, 7) is 2.42. The smallest absolute Gasteiger partial charge is 0.166 e. The molecule has 0 bridgehead atoms. The number of fused-ring (bicyclic) bond motifs is 1. The Morgan fingerprint density at radius 3 is 2.59 bits per heavy atom. The third-order valence-corrected chi connectivity index (χ3v) is 5.22. The Kier molecular flexibility index (Phi) is 3.64. The normalized spacial score (nSPS) is 18.4. The van der Waals surface area contributed by atoms with Crippen molar-refractivity contribution in [2.45, 2.75) is 30.0 Å². The highest BCUT2D eigenvalue weighted by Crippen LogP contribution is 2.32. The van der Waals surface area contributed by atoms with Crippen LogP contribution in [0.25, 0.3) is 10.2 Å². The van der Waals surface area contributed by atoms with Crippen molar-refractivity contribution in [3.63, 3.8) is 0 Å². The Hall–Kier alpha value is -0.580. The molecule has 0 spiro atoms. The lowest BCUT2D eigenvalue weighted by Crippen LogP contribution is -2.15. The molecule has 1 fully saturated rings. The molecule has 1 aromatic heterocycles. The van der Waals surface area contributed by atoms with Crippen molar-refractivity contribution >= 4 is 33.5 Å². The number of hydrogen-bond donors (Lipinski definition) is 0. The van der Waals surface area contributed by atoms with E-state index in [4.69, 9.17) is 0 Å². The molecule has 0 atom stereocenters. The largest absolute Gasteiger partial charge is 0.244 e. The van der Waals surface area contributed by atoms with Crippen LogP contribution in [0.4, 0.5) is 0 Å². The minimum absolute atomic E-state index is 1.13. The van der Waals surface area contributed by atoms with Gasteiger partial charge >= 0.3 is 0 Å². The molecule has 1 aliphatic heterocycles. The number of aromatic nitrogens is 1. The summed E-state index contributed by atoms with van der Waals surface area (Å²) >= 11 is 3.65. The van der Waals surface area contributed by atoms with Crippen molar-refractivity contribution in [1.82, 2.24) is 9.29 Å². The van der Waals surface area contributed by atoms with Crippen molar-refractivity contribution in [3.05, 3.63) is 24.3 Å². The van der Waals surface area contributed by atoms with E-state index >= 15 is 0 Å². The minimum Gasteiger partial charge on any atom is -0.244 e. The first-order chi connectivity index (χ1) is 8.42. The molecule has 0 unspecified atom stereocenters. The van der Waals surface area contributed by atoms with Gasteiger partial charge in [0.15, 0.2) is 4.34 Å². The van der Waals surface area contributed by atoms with Crippen LogP contribution in [0.2, 0.25) is 0 Å². The topological polar surface area (TPSA) is 16.1 Å². The van der Waals surface area contributed by atoms with Crippen molar-refractivity contribution < 1.29 is 0 Å². The van der Waals surface area contributed by atoms with Gasteiger partial charge in [-0.15, -0.1) is 11.3 Å². The molecule has 1 aromatic carbocycles. The van der Waals surface area contributed by atoms with Crippen LogP contribution in [0, 0.1) is 0 Å². The highest BCUT2D eigenvalue weighted by atomic mass is 32.2. The molecule has 17 heavy (non-hydrogen) atoms. The summed E-state index contributed by atoms with van der Waals surface area (Å²) in [5.41, 5.74) is 1.13. The molecule has 4 heteroatoms. The molecule has 1 aliphatic rings. The molecular formula is C13H16N2S2. The Labute approximate surface area is 110 Å². The monoisotopic (exact) mass is 264 g/mol. The second kappa shape index (κ2) is 5.38. The zero-order valence-electron chi connectivity index (χ0n) is 9.76. The summed E-state index contributed by atoms with van der Waals surface area (Å²) in [7, 11) is 0. The molecule has 0 aliphatic carbocycles. The predicted octanol–water partition coefficient (Wildman–Crippen LogP) is 4.18. The van der Waals surface area contributed by atoms with Gasteiger partial charge in [-0.1, -0.05) is 25.0 Å². The zero-order chi connectivity index (χ0) is 11.5. The van der Waals surface area contributed by atoms with Gasteiger partial charge in [0.25, 0.3) is 0 Å².